The Morgan fingerprint density at radius 2 is 2.12 bits per heavy atom. The summed E-state index contributed by atoms with van der Waals surface area (Å²) < 4.78 is 0. The van der Waals surface area contributed by atoms with Crippen LogP contribution in [0.2, 0.25) is 0 Å². The van der Waals surface area contributed by atoms with Gasteiger partial charge < -0.3 is 16.0 Å². The number of rotatable bonds is 5. The van der Waals surface area contributed by atoms with Gasteiger partial charge in [-0.2, -0.15) is 5.10 Å². The minimum atomic E-state index is -0.247. The maximum atomic E-state index is 12.3. The van der Waals surface area contributed by atoms with Crippen LogP contribution < -0.4 is 16.5 Å². The molecule has 0 bridgehead atoms. The van der Waals surface area contributed by atoms with Gasteiger partial charge in [-0.1, -0.05) is 18.7 Å². The van der Waals surface area contributed by atoms with Crippen LogP contribution in [0.4, 0.5) is 5.82 Å². The molecule has 0 saturated carbocycles. The number of H-pyrrole nitrogens is 1. The van der Waals surface area contributed by atoms with Gasteiger partial charge in [0.15, 0.2) is 0 Å². The largest absolute Gasteiger partial charge is 0.385 e. The first-order chi connectivity index (χ1) is 12.0. The van der Waals surface area contributed by atoms with Crippen LogP contribution in [0.5, 0.6) is 0 Å². The Labute approximate surface area is 144 Å². The fourth-order valence-corrected chi connectivity index (χ4v) is 2.32. The standard InChI is InChI=1S/C18H18N6O/c1-11(23-24-12(2)19)13-6-7-15-14(9-13)10-16(21-15)18(25)22-17-5-3-4-8-20-17/h3-10,21,24H,2,19H2,1H3,(H,20,22,25)/b23-11+. The fourth-order valence-electron chi connectivity index (χ4n) is 2.32. The smallest absolute Gasteiger partial charge is 0.273 e. The number of nitrogens with two attached hydrogens (primary N) is 1. The van der Waals surface area contributed by atoms with Crippen molar-refractivity contribution in [1.82, 2.24) is 15.4 Å². The van der Waals surface area contributed by atoms with Crippen LogP contribution in [-0.4, -0.2) is 21.6 Å². The first-order valence-corrected chi connectivity index (χ1v) is 7.63. The molecule has 0 unspecified atom stereocenters. The molecule has 25 heavy (non-hydrogen) atoms. The maximum absolute atomic E-state index is 12.3. The van der Waals surface area contributed by atoms with Gasteiger partial charge in [0.25, 0.3) is 5.91 Å². The summed E-state index contributed by atoms with van der Waals surface area (Å²) in [4.78, 5) is 19.5. The number of nitrogens with one attached hydrogen (secondary N) is 3. The molecule has 5 N–H and O–H groups in total. The van der Waals surface area contributed by atoms with E-state index in [-0.39, 0.29) is 11.7 Å². The number of hydrazone groups is 1. The van der Waals surface area contributed by atoms with Gasteiger partial charge >= 0.3 is 0 Å². The van der Waals surface area contributed by atoms with Crippen molar-refractivity contribution in [2.75, 3.05) is 5.32 Å². The molecular weight excluding hydrogens is 316 g/mol. The number of nitrogens with zero attached hydrogens (tertiary/aromatic N) is 2. The highest BCUT2D eigenvalue weighted by Gasteiger charge is 2.11. The average Bonchev–Trinajstić information content (AvgIpc) is 3.04. The summed E-state index contributed by atoms with van der Waals surface area (Å²) >= 11 is 0. The lowest BCUT2D eigenvalue weighted by Gasteiger charge is -2.02. The molecule has 2 aromatic heterocycles. The highest BCUT2D eigenvalue weighted by molar-refractivity contribution is 6.07. The topological polar surface area (TPSA) is 108 Å². The van der Waals surface area contributed by atoms with Gasteiger partial charge in [0, 0.05) is 17.1 Å². The number of carbonyl (C=O) groups is 1. The van der Waals surface area contributed by atoms with Crippen LogP contribution in [0.15, 0.2) is 66.2 Å². The van der Waals surface area contributed by atoms with Crippen LogP contribution in [0.25, 0.3) is 10.9 Å². The minimum Gasteiger partial charge on any atom is -0.385 e. The van der Waals surface area contributed by atoms with Gasteiger partial charge in [-0.25, -0.2) is 4.98 Å². The Hall–Kier alpha value is -3.61. The van der Waals surface area contributed by atoms with E-state index in [1.165, 1.54) is 0 Å². The predicted octanol–water partition coefficient (Wildman–Crippen LogP) is 2.56. The molecule has 0 aliphatic carbocycles. The van der Waals surface area contributed by atoms with Crippen LogP contribution >= 0.6 is 0 Å². The third kappa shape index (κ3) is 3.84. The number of aromatic nitrogens is 2. The maximum Gasteiger partial charge on any atom is 0.273 e. The van der Waals surface area contributed by atoms with E-state index in [1.807, 2.05) is 31.2 Å². The van der Waals surface area contributed by atoms with Crippen molar-refractivity contribution in [3.05, 3.63) is 72.3 Å². The summed E-state index contributed by atoms with van der Waals surface area (Å²) in [5, 5.41) is 7.80. The summed E-state index contributed by atoms with van der Waals surface area (Å²) in [7, 11) is 0. The monoisotopic (exact) mass is 334 g/mol. The number of aromatic amines is 1. The van der Waals surface area contributed by atoms with Gasteiger partial charge in [0.1, 0.15) is 17.3 Å². The Balaban J connectivity index is 1.84. The number of pyridine rings is 1. The zero-order valence-electron chi connectivity index (χ0n) is 13.7. The second kappa shape index (κ2) is 6.88. The van der Waals surface area contributed by atoms with Crippen LogP contribution in [0, 0.1) is 0 Å². The van der Waals surface area contributed by atoms with Gasteiger partial charge in [-0.05, 0) is 42.8 Å². The van der Waals surface area contributed by atoms with E-state index in [2.05, 4.69) is 32.4 Å². The van der Waals surface area contributed by atoms with E-state index < -0.39 is 0 Å². The molecule has 0 radical (unpaired) electrons. The Morgan fingerprint density at radius 3 is 2.84 bits per heavy atom. The van der Waals surface area contributed by atoms with Crippen molar-refractivity contribution in [3.63, 3.8) is 0 Å². The Kier molecular flexibility index (Phi) is 4.47. The van der Waals surface area contributed by atoms with E-state index in [9.17, 15) is 4.79 Å². The molecule has 126 valence electrons. The third-order valence-corrected chi connectivity index (χ3v) is 3.56. The number of benzene rings is 1. The second-order valence-corrected chi connectivity index (χ2v) is 5.49. The van der Waals surface area contributed by atoms with Crippen LogP contribution in [-0.2, 0) is 0 Å². The fraction of sp³-hybridized carbons (Fsp3) is 0.0556. The Bertz CT molecular complexity index is 958. The van der Waals surface area contributed by atoms with Crippen LogP contribution in [0.1, 0.15) is 23.0 Å². The minimum absolute atomic E-state index is 0.247. The van der Waals surface area contributed by atoms with Gasteiger partial charge in [-0.15, -0.1) is 0 Å². The number of anilines is 1. The molecule has 0 aliphatic rings. The lowest BCUT2D eigenvalue weighted by Crippen LogP contribution is -2.14. The van der Waals surface area contributed by atoms with Crippen LogP contribution in [0.3, 0.4) is 0 Å². The predicted molar refractivity (Wildman–Crippen MR) is 99.2 cm³/mol. The first-order valence-electron chi connectivity index (χ1n) is 7.63. The SMILES string of the molecule is C=C(N)N/N=C(\C)c1ccc2[nH]c(C(=O)Nc3ccccn3)cc2c1. The molecule has 7 heteroatoms. The van der Waals surface area contributed by atoms with Crippen molar-refractivity contribution in [1.29, 1.82) is 0 Å². The number of amides is 1. The summed E-state index contributed by atoms with van der Waals surface area (Å²) in [6.07, 6.45) is 1.62. The van der Waals surface area contributed by atoms with Crippen molar-refractivity contribution < 1.29 is 4.79 Å². The molecule has 0 saturated heterocycles. The molecule has 0 fully saturated rings. The van der Waals surface area contributed by atoms with Gasteiger partial charge in [0.2, 0.25) is 0 Å². The molecule has 1 amide bonds. The molecule has 0 atom stereocenters. The molecule has 3 rings (SSSR count). The highest BCUT2D eigenvalue weighted by atomic mass is 16.1. The second-order valence-electron chi connectivity index (χ2n) is 5.49. The number of hydrogen-bond acceptors (Lipinski definition) is 5. The lowest BCUT2D eigenvalue weighted by molar-refractivity contribution is 0.102. The molecule has 3 aromatic rings. The van der Waals surface area contributed by atoms with E-state index in [0.29, 0.717) is 11.5 Å². The van der Waals surface area contributed by atoms with Crippen molar-refractivity contribution in [2.45, 2.75) is 6.92 Å². The highest BCUT2D eigenvalue weighted by Crippen LogP contribution is 2.18. The van der Waals surface area contributed by atoms with Crippen molar-refractivity contribution >= 4 is 28.3 Å². The van der Waals surface area contributed by atoms with Gasteiger partial charge in [-0.3, -0.25) is 10.2 Å². The molecule has 0 aliphatic heterocycles. The first kappa shape index (κ1) is 16.3. The zero-order valence-corrected chi connectivity index (χ0v) is 13.7. The molecular formula is C18H18N6O. The summed E-state index contributed by atoms with van der Waals surface area (Å²) in [6, 6.07) is 12.9. The van der Waals surface area contributed by atoms with E-state index >= 15 is 0 Å². The summed E-state index contributed by atoms with van der Waals surface area (Å²) in [5.41, 5.74) is 11.1. The summed E-state index contributed by atoms with van der Waals surface area (Å²) in [5.74, 6) is 0.529. The quantitative estimate of drug-likeness (QED) is 0.425. The summed E-state index contributed by atoms with van der Waals surface area (Å²) in [6.45, 7) is 5.39. The van der Waals surface area contributed by atoms with Crippen molar-refractivity contribution in [2.24, 2.45) is 10.8 Å². The molecule has 7 nitrogen and oxygen atoms in total. The van der Waals surface area contributed by atoms with E-state index in [0.717, 1.165) is 22.2 Å². The van der Waals surface area contributed by atoms with Crippen molar-refractivity contribution in [3.8, 4) is 0 Å². The molecule has 1 aromatic carbocycles. The van der Waals surface area contributed by atoms with Gasteiger partial charge in [0.05, 0.1) is 5.71 Å². The number of hydrogen-bond donors (Lipinski definition) is 4. The Morgan fingerprint density at radius 1 is 1.28 bits per heavy atom. The lowest BCUT2D eigenvalue weighted by atomic mass is 10.1. The third-order valence-electron chi connectivity index (χ3n) is 3.56. The number of fused-ring (bicyclic) bond motifs is 1. The zero-order chi connectivity index (χ0) is 17.8. The van der Waals surface area contributed by atoms with E-state index in [1.54, 1.807) is 24.4 Å². The average molecular weight is 334 g/mol. The van der Waals surface area contributed by atoms with E-state index in [4.69, 9.17) is 5.73 Å². The molecule has 2 heterocycles. The normalized spacial score (nSPS) is 11.3. The number of carbonyl (C=O) groups excluding carboxylic acids is 1. The molecule has 0 spiro atoms.